The summed E-state index contributed by atoms with van der Waals surface area (Å²) < 4.78 is 12.8. The number of nitrogens with zero attached hydrogens (tertiary/aromatic N) is 3. The Morgan fingerprint density at radius 2 is 2.38 bits per heavy atom. The Labute approximate surface area is 122 Å². The van der Waals surface area contributed by atoms with Gasteiger partial charge in [0.15, 0.2) is 17.6 Å². The minimum atomic E-state index is -0.263. The van der Waals surface area contributed by atoms with Crippen LogP contribution < -0.4 is 10.1 Å². The molecular formula is C14H18N4O3. The molecule has 1 unspecified atom stereocenters. The molecule has 0 aromatic carbocycles. The van der Waals surface area contributed by atoms with Gasteiger partial charge in [-0.15, -0.1) is 0 Å². The van der Waals surface area contributed by atoms with Crippen LogP contribution in [-0.4, -0.2) is 41.4 Å². The molecule has 2 aromatic heterocycles. The Morgan fingerprint density at radius 3 is 3.05 bits per heavy atom. The van der Waals surface area contributed by atoms with E-state index in [-0.39, 0.29) is 12.1 Å². The summed E-state index contributed by atoms with van der Waals surface area (Å²) in [5, 5.41) is 7.65. The van der Waals surface area contributed by atoms with Gasteiger partial charge in [-0.2, -0.15) is 5.10 Å². The van der Waals surface area contributed by atoms with E-state index >= 15 is 0 Å². The first-order valence-electron chi connectivity index (χ1n) is 7.01. The topological polar surface area (TPSA) is 78.3 Å². The number of hydrogen-bond donors (Lipinski definition) is 1. The molecular weight excluding hydrogens is 272 g/mol. The molecule has 0 spiro atoms. The lowest BCUT2D eigenvalue weighted by Gasteiger charge is -2.22. The van der Waals surface area contributed by atoms with Gasteiger partial charge >= 0.3 is 0 Å². The van der Waals surface area contributed by atoms with Gasteiger partial charge in [0.05, 0.1) is 12.5 Å². The van der Waals surface area contributed by atoms with Gasteiger partial charge < -0.3 is 14.8 Å². The highest BCUT2D eigenvalue weighted by molar-refractivity contribution is 6.06. The SMILES string of the molecule is CNC(=O)c1nn(C2CCCCO2)c2nccc(OC)c12. The van der Waals surface area contributed by atoms with Crippen molar-refractivity contribution in [2.75, 3.05) is 20.8 Å². The molecule has 7 nitrogen and oxygen atoms in total. The zero-order chi connectivity index (χ0) is 14.8. The molecule has 1 saturated heterocycles. The van der Waals surface area contributed by atoms with E-state index in [1.165, 1.54) is 0 Å². The molecule has 7 heteroatoms. The highest BCUT2D eigenvalue weighted by Crippen LogP contribution is 2.31. The number of methoxy groups -OCH3 is 1. The fourth-order valence-electron chi connectivity index (χ4n) is 2.60. The maximum atomic E-state index is 12.1. The molecule has 0 bridgehead atoms. The fourth-order valence-corrected chi connectivity index (χ4v) is 2.60. The van der Waals surface area contributed by atoms with Gasteiger partial charge in [-0.05, 0) is 25.3 Å². The molecule has 0 radical (unpaired) electrons. The first-order valence-corrected chi connectivity index (χ1v) is 7.01. The summed E-state index contributed by atoms with van der Waals surface area (Å²) in [6.45, 7) is 0.700. The van der Waals surface area contributed by atoms with Crippen LogP contribution in [0.5, 0.6) is 5.75 Å². The summed E-state index contributed by atoms with van der Waals surface area (Å²) in [6.07, 6.45) is 4.46. The number of hydrogen-bond acceptors (Lipinski definition) is 5. The van der Waals surface area contributed by atoms with Gasteiger partial charge in [0.1, 0.15) is 5.75 Å². The van der Waals surface area contributed by atoms with E-state index in [1.54, 1.807) is 31.1 Å². The van der Waals surface area contributed by atoms with Gasteiger partial charge in [-0.1, -0.05) is 0 Å². The number of ether oxygens (including phenoxy) is 2. The van der Waals surface area contributed by atoms with Crippen molar-refractivity contribution in [3.63, 3.8) is 0 Å². The molecule has 3 heterocycles. The predicted molar refractivity (Wildman–Crippen MR) is 76.3 cm³/mol. The van der Waals surface area contributed by atoms with E-state index in [1.807, 2.05) is 0 Å². The van der Waals surface area contributed by atoms with Crippen molar-refractivity contribution in [2.45, 2.75) is 25.5 Å². The maximum Gasteiger partial charge on any atom is 0.272 e. The van der Waals surface area contributed by atoms with Crippen LogP contribution in [0.15, 0.2) is 12.3 Å². The summed E-state index contributed by atoms with van der Waals surface area (Å²) in [5.41, 5.74) is 0.923. The average molecular weight is 290 g/mol. The highest BCUT2D eigenvalue weighted by Gasteiger charge is 2.26. The molecule has 1 aliphatic rings. The lowest BCUT2D eigenvalue weighted by atomic mass is 10.2. The molecule has 1 atom stereocenters. The number of pyridine rings is 1. The quantitative estimate of drug-likeness (QED) is 0.926. The molecule has 1 amide bonds. The lowest BCUT2D eigenvalue weighted by Crippen LogP contribution is -2.22. The second kappa shape index (κ2) is 5.69. The van der Waals surface area contributed by atoms with Crippen LogP contribution in [0, 0.1) is 0 Å². The molecule has 1 aliphatic heterocycles. The van der Waals surface area contributed by atoms with E-state index in [2.05, 4.69) is 15.4 Å². The van der Waals surface area contributed by atoms with Crippen LogP contribution in [0.2, 0.25) is 0 Å². The zero-order valence-electron chi connectivity index (χ0n) is 12.1. The highest BCUT2D eigenvalue weighted by atomic mass is 16.5. The smallest absolute Gasteiger partial charge is 0.272 e. The van der Waals surface area contributed by atoms with Crippen LogP contribution in [0.25, 0.3) is 11.0 Å². The summed E-state index contributed by atoms with van der Waals surface area (Å²) in [6, 6.07) is 1.72. The Hall–Kier alpha value is -2.15. The predicted octanol–water partition coefficient (Wildman–Crippen LogP) is 1.50. The Kier molecular flexibility index (Phi) is 3.74. The Bertz CT molecular complexity index is 662. The molecule has 21 heavy (non-hydrogen) atoms. The Balaban J connectivity index is 2.19. The zero-order valence-corrected chi connectivity index (χ0v) is 12.1. The third kappa shape index (κ3) is 2.33. The van der Waals surface area contributed by atoms with Gasteiger partial charge in [0.25, 0.3) is 5.91 Å². The molecule has 0 saturated carbocycles. The van der Waals surface area contributed by atoms with Crippen LogP contribution in [0.4, 0.5) is 0 Å². The number of carbonyl (C=O) groups is 1. The molecule has 3 rings (SSSR count). The number of aromatic nitrogens is 3. The van der Waals surface area contributed by atoms with Crippen molar-refractivity contribution in [1.82, 2.24) is 20.1 Å². The third-order valence-electron chi connectivity index (χ3n) is 3.64. The largest absolute Gasteiger partial charge is 0.496 e. The van der Waals surface area contributed by atoms with Gasteiger partial charge in [0.2, 0.25) is 0 Å². The number of nitrogens with one attached hydrogen (secondary N) is 1. The van der Waals surface area contributed by atoms with Crippen molar-refractivity contribution in [3.8, 4) is 5.75 Å². The normalized spacial score (nSPS) is 18.7. The minimum absolute atomic E-state index is 0.181. The van der Waals surface area contributed by atoms with Crippen molar-refractivity contribution in [3.05, 3.63) is 18.0 Å². The van der Waals surface area contributed by atoms with Gasteiger partial charge in [0, 0.05) is 19.9 Å². The molecule has 2 aromatic rings. The molecule has 112 valence electrons. The van der Waals surface area contributed by atoms with Gasteiger partial charge in [-0.3, -0.25) is 4.79 Å². The van der Waals surface area contributed by atoms with E-state index in [0.29, 0.717) is 29.1 Å². The van der Waals surface area contributed by atoms with Gasteiger partial charge in [-0.25, -0.2) is 9.67 Å². The van der Waals surface area contributed by atoms with E-state index in [9.17, 15) is 4.79 Å². The monoisotopic (exact) mass is 290 g/mol. The van der Waals surface area contributed by atoms with Crippen LogP contribution in [-0.2, 0) is 4.74 Å². The first kappa shape index (κ1) is 13.8. The van der Waals surface area contributed by atoms with Crippen molar-refractivity contribution in [2.24, 2.45) is 0 Å². The van der Waals surface area contributed by atoms with Crippen molar-refractivity contribution < 1.29 is 14.3 Å². The number of carbonyl (C=O) groups excluding carboxylic acids is 1. The first-order chi connectivity index (χ1) is 10.3. The van der Waals surface area contributed by atoms with E-state index in [4.69, 9.17) is 9.47 Å². The molecule has 0 aliphatic carbocycles. The number of rotatable bonds is 3. The Morgan fingerprint density at radius 1 is 1.52 bits per heavy atom. The van der Waals surface area contributed by atoms with Crippen LogP contribution in [0.1, 0.15) is 36.0 Å². The second-order valence-electron chi connectivity index (χ2n) is 4.91. The summed E-state index contributed by atoms with van der Waals surface area (Å²) >= 11 is 0. The molecule has 1 N–H and O–H groups in total. The second-order valence-corrected chi connectivity index (χ2v) is 4.91. The summed E-state index contributed by atoms with van der Waals surface area (Å²) in [7, 11) is 3.14. The average Bonchev–Trinajstić information content (AvgIpc) is 2.94. The lowest BCUT2D eigenvalue weighted by molar-refractivity contribution is -0.0371. The van der Waals surface area contributed by atoms with E-state index in [0.717, 1.165) is 19.3 Å². The van der Waals surface area contributed by atoms with Crippen molar-refractivity contribution >= 4 is 16.9 Å². The number of amides is 1. The summed E-state index contributed by atoms with van der Waals surface area (Å²) in [5.74, 6) is 0.321. The molecule has 1 fully saturated rings. The van der Waals surface area contributed by atoms with Crippen LogP contribution >= 0.6 is 0 Å². The van der Waals surface area contributed by atoms with Crippen molar-refractivity contribution in [1.29, 1.82) is 0 Å². The number of fused-ring (bicyclic) bond motifs is 1. The maximum absolute atomic E-state index is 12.1. The minimum Gasteiger partial charge on any atom is -0.496 e. The third-order valence-corrected chi connectivity index (χ3v) is 3.64. The standard InChI is InChI=1S/C14H18N4O3/c1-15-14(19)12-11-9(20-2)6-7-16-13(11)18(17-12)10-5-3-4-8-21-10/h6-7,10H,3-5,8H2,1-2H3,(H,15,19). The summed E-state index contributed by atoms with van der Waals surface area (Å²) in [4.78, 5) is 16.4. The van der Waals surface area contributed by atoms with E-state index < -0.39 is 0 Å². The fraction of sp³-hybridized carbons (Fsp3) is 0.500. The van der Waals surface area contributed by atoms with Crippen LogP contribution in [0.3, 0.4) is 0 Å².